The number of carboxylic acids is 1. The van der Waals surface area contributed by atoms with Crippen molar-refractivity contribution in [3.8, 4) is 0 Å². The van der Waals surface area contributed by atoms with Gasteiger partial charge in [-0.2, -0.15) is 0 Å². The zero-order valence-corrected chi connectivity index (χ0v) is 11.0. The van der Waals surface area contributed by atoms with E-state index in [1.54, 1.807) is 0 Å². The quantitative estimate of drug-likeness (QED) is 0.350. The van der Waals surface area contributed by atoms with Crippen LogP contribution >= 0.6 is 0 Å². The molecule has 0 aromatic heterocycles. The van der Waals surface area contributed by atoms with Crippen LogP contribution in [-0.4, -0.2) is 11.1 Å². The first-order valence-electron chi connectivity index (χ1n) is 4.28. The zero-order valence-electron chi connectivity index (χ0n) is 9.92. The molecule has 6 heteroatoms. The van der Waals surface area contributed by atoms with E-state index in [1.165, 1.54) is 0 Å². The predicted molar refractivity (Wildman–Crippen MR) is 56.1 cm³/mol. The van der Waals surface area contributed by atoms with E-state index in [9.17, 15) is 4.79 Å². The molecule has 18 heavy (non-hydrogen) atoms. The monoisotopic (exact) mass is 294 g/mol. The summed E-state index contributed by atoms with van der Waals surface area (Å²) in [4.78, 5) is 10.1. The van der Waals surface area contributed by atoms with E-state index in [0.717, 1.165) is 12.3 Å². The first-order valence-corrected chi connectivity index (χ1v) is 4.28. The first-order chi connectivity index (χ1) is 8.13. The average molecular weight is 294 g/mol. The van der Waals surface area contributed by atoms with Gasteiger partial charge in [0.15, 0.2) is 0 Å². The van der Waals surface area contributed by atoms with Crippen LogP contribution < -0.4 is 0 Å². The number of hydrogen-bond donors (Lipinski definition) is 1. The molecule has 0 atom stereocenters. The van der Waals surface area contributed by atoms with Gasteiger partial charge in [0.05, 0.1) is 0 Å². The van der Waals surface area contributed by atoms with E-state index in [-0.39, 0.29) is 23.5 Å². The molecule has 0 aliphatic carbocycles. The van der Waals surface area contributed by atoms with Crippen LogP contribution in [0.3, 0.4) is 0 Å². The molecule has 0 rings (SSSR count). The summed E-state index contributed by atoms with van der Waals surface area (Å²) in [6.07, 6.45) is 5.63. The second-order valence-electron chi connectivity index (χ2n) is 2.53. The minimum absolute atomic E-state index is 0. The molecule has 0 heterocycles. The van der Waals surface area contributed by atoms with Crippen LogP contribution in [0.25, 0.3) is 0 Å². The smallest absolute Gasteiger partial charge is 0.303 e. The molecule has 0 saturated carbocycles. The van der Waals surface area contributed by atoms with Crippen molar-refractivity contribution >= 4 is 5.97 Å². The van der Waals surface area contributed by atoms with Gasteiger partial charge in [0.1, 0.15) is 0 Å². The van der Waals surface area contributed by atoms with Gasteiger partial charge in [-0.15, -0.1) is 0 Å². The van der Waals surface area contributed by atoms with Crippen LogP contribution in [-0.2, 0) is 35.8 Å². The van der Waals surface area contributed by atoms with Crippen LogP contribution in [0, 0.1) is 45.6 Å². The number of hydrogen-bond acceptors (Lipinski definition) is 1. The Labute approximate surface area is 119 Å². The Hall–Kier alpha value is -0.791. The zero-order chi connectivity index (χ0) is 14.7. The van der Waals surface area contributed by atoms with E-state index >= 15 is 0 Å². The Bertz CT molecular complexity index is 194. The van der Waals surface area contributed by atoms with Crippen LogP contribution in [0.1, 0.15) is 26.2 Å². The predicted octanol–water partition coefficient (Wildman–Crippen LogP) is 1.96. The molecule has 5 nitrogen and oxygen atoms in total. The van der Waals surface area contributed by atoms with Crippen molar-refractivity contribution < 1.29 is 40.9 Å². The van der Waals surface area contributed by atoms with Crippen LogP contribution in [0.4, 0.5) is 0 Å². The van der Waals surface area contributed by atoms with Crippen molar-refractivity contribution in [3.63, 3.8) is 0 Å². The molecule has 0 bridgehead atoms. The van der Waals surface area contributed by atoms with Gasteiger partial charge in [0.25, 0.3) is 0 Å². The van der Waals surface area contributed by atoms with Crippen molar-refractivity contribution in [2.45, 2.75) is 26.2 Å². The molecule has 0 fully saturated rings. The van der Waals surface area contributed by atoms with Gasteiger partial charge in [-0.1, -0.05) is 6.92 Å². The third-order valence-corrected chi connectivity index (χ3v) is 1.16. The SMILES string of the molecule is [C-]#[O+].[C-]#[O+].[C-]#[O+].[CH2][C](C)[CH][CH]CCCC(=O)O.[Fe]. The third-order valence-electron chi connectivity index (χ3n) is 1.16. The van der Waals surface area contributed by atoms with Gasteiger partial charge < -0.3 is 5.11 Å². The molecule has 0 unspecified atom stereocenters. The van der Waals surface area contributed by atoms with Gasteiger partial charge in [-0.25, -0.2) is 0 Å². The van der Waals surface area contributed by atoms with Gasteiger partial charge in [-0.05, 0) is 38.5 Å². The minimum Gasteiger partial charge on any atom is -0.481 e. The van der Waals surface area contributed by atoms with E-state index in [2.05, 4.69) is 26.9 Å². The summed E-state index contributed by atoms with van der Waals surface area (Å²) < 4.78 is 22.5. The van der Waals surface area contributed by atoms with Gasteiger partial charge in [-0.3, -0.25) is 4.79 Å². The third kappa shape index (κ3) is 59.1. The summed E-state index contributed by atoms with van der Waals surface area (Å²) in [6.45, 7) is 19.1. The molecule has 100 valence electrons. The fraction of sp³-hybridized carbons (Fsp3) is 0.333. The average Bonchev–Trinajstić information content (AvgIpc) is 2.35. The van der Waals surface area contributed by atoms with Crippen molar-refractivity contribution in [2.75, 3.05) is 0 Å². The van der Waals surface area contributed by atoms with E-state index in [4.69, 9.17) is 19.1 Å². The molecular formula is C12H14FeO5. The molecule has 0 spiro atoms. The number of carbonyl (C=O) groups is 1. The molecule has 0 amide bonds. The summed E-state index contributed by atoms with van der Waals surface area (Å²) >= 11 is 0. The Kier molecular flexibility index (Phi) is 60.6. The Morgan fingerprint density at radius 3 is 1.89 bits per heavy atom. The van der Waals surface area contributed by atoms with Crippen molar-refractivity contribution in [2.24, 2.45) is 0 Å². The first kappa shape index (κ1) is 30.3. The molecule has 0 aliphatic heterocycles. The van der Waals surface area contributed by atoms with Crippen molar-refractivity contribution in [1.82, 2.24) is 0 Å². The topological polar surface area (TPSA) is 97.0 Å². The molecular weight excluding hydrogens is 280 g/mol. The standard InChI is InChI=1S/C9H14O2.3CO.Fe/c1-8(2)6-4-3-5-7-9(10)11;3*1-2;/h4,6H,1,3,5,7H2,2H3,(H,10,11);;;;. The van der Waals surface area contributed by atoms with Crippen molar-refractivity contribution in [1.29, 1.82) is 0 Å². The van der Waals surface area contributed by atoms with Crippen LogP contribution in [0.5, 0.6) is 0 Å². The number of rotatable bonds is 6. The molecule has 0 aromatic rings. The number of aliphatic carboxylic acids is 1. The normalized spacial score (nSPS) is 6.72. The Balaban J connectivity index is -0.0000000700. The van der Waals surface area contributed by atoms with Crippen LogP contribution in [0.2, 0.25) is 0 Å². The van der Waals surface area contributed by atoms with E-state index < -0.39 is 5.97 Å². The second kappa shape index (κ2) is 36.0. The summed E-state index contributed by atoms with van der Waals surface area (Å²) in [5.41, 5.74) is 0. The fourth-order valence-corrected chi connectivity index (χ4v) is 0.656. The number of unbranched alkanes of at least 4 members (excludes halogenated alkanes) is 2. The van der Waals surface area contributed by atoms with Crippen LogP contribution in [0.15, 0.2) is 0 Å². The molecule has 1 N–H and O–H groups in total. The Morgan fingerprint density at radius 2 is 1.61 bits per heavy atom. The summed E-state index contributed by atoms with van der Waals surface area (Å²) in [6, 6.07) is 0. The van der Waals surface area contributed by atoms with Crippen molar-refractivity contribution in [3.05, 3.63) is 45.6 Å². The largest absolute Gasteiger partial charge is 0.481 e. The van der Waals surface area contributed by atoms with E-state index in [0.29, 0.717) is 6.42 Å². The summed E-state index contributed by atoms with van der Waals surface area (Å²) in [5.74, 6) is 0.272. The number of carboxylic acid groups (broad SMARTS) is 1. The van der Waals surface area contributed by atoms with Gasteiger partial charge >= 0.3 is 39.9 Å². The second-order valence-corrected chi connectivity index (χ2v) is 2.53. The Morgan fingerprint density at radius 1 is 1.22 bits per heavy atom. The molecule has 0 aliphatic rings. The van der Waals surface area contributed by atoms with E-state index in [1.807, 2.05) is 19.8 Å². The molecule has 0 saturated heterocycles. The summed E-state index contributed by atoms with van der Waals surface area (Å²) in [7, 11) is 0. The van der Waals surface area contributed by atoms with Gasteiger partial charge in [0, 0.05) is 23.5 Å². The summed E-state index contributed by atoms with van der Waals surface area (Å²) in [5, 5.41) is 8.28. The molecule has 0 aromatic carbocycles. The van der Waals surface area contributed by atoms with Gasteiger partial charge in [0.2, 0.25) is 0 Å². The maximum atomic E-state index is 10.1. The molecule has 4 radical (unpaired) electrons. The maximum absolute atomic E-state index is 10.1. The maximum Gasteiger partial charge on any atom is 0.303 e. The minimum atomic E-state index is -0.728. The fourth-order valence-electron chi connectivity index (χ4n) is 0.656.